The number of nitrogens with zero attached hydrogens (tertiary/aromatic N) is 3. The Morgan fingerprint density at radius 2 is 2.17 bits per heavy atom. The summed E-state index contributed by atoms with van der Waals surface area (Å²) in [6, 6.07) is 5.49. The van der Waals surface area contributed by atoms with E-state index in [9.17, 15) is 4.79 Å². The fourth-order valence-corrected chi connectivity index (χ4v) is 2.54. The van der Waals surface area contributed by atoms with Crippen molar-refractivity contribution in [2.75, 3.05) is 18.0 Å². The summed E-state index contributed by atoms with van der Waals surface area (Å²) in [4.78, 5) is 22.8. The smallest absolute Gasteiger partial charge is 0.244 e. The highest BCUT2D eigenvalue weighted by Crippen LogP contribution is 2.16. The van der Waals surface area contributed by atoms with Crippen molar-refractivity contribution in [3.05, 3.63) is 48.3 Å². The van der Waals surface area contributed by atoms with Gasteiger partial charge in [-0.2, -0.15) is 0 Å². The Morgan fingerprint density at radius 3 is 2.96 bits per heavy atom. The van der Waals surface area contributed by atoms with E-state index in [1.807, 2.05) is 6.07 Å². The Bertz CT molecular complexity index is 661. The van der Waals surface area contributed by atoms with E-state index in [1.165, 1.54) is 25.3 Å². The molecule has 0 radical (unpaired) electrons. The van der Waals surface area contributed by atoms with Gasteiger partial charge >= 0.3 is 0 Å². The molecule has 2 aromatic rings. The molecule has 1 fully saturated rings. The molecule has 0 saturated carbocycles. The van der Waals surface area contributed by atoms with E-state index in [1.54, 1.807) is 30.7 Å². The zero-order chi connectivity index (χ0) is 15.9. The van der Waals surface area contributed by atoms with Crippen LogP contribution >= 0.6 is 0 Å². The molecule has 0 bridgehead atoms. The molecule has 0 unspecified atom stereocenters. The maximum atomic E-state index is 11.8. The Balaban J connectivity index is 1.54. The lowest BCUT2D eigenvalue weighted by Gasteiger charge is -2.27. The quantitative estimate of drug-likeness (QED) is 0.858. The highest BCUT2D eigenvalue weighted by atomic mass is 16.3. The number of piperidine rings is 1. The fourth-order valence-electron chi connectivity index (χ4n) is 2.54. The highest BCUT2D eigenvalue weighted by Gasteiger charge is 2.12. The minimum absolute atomic E-state index is 0.201. The van der Waals surface area contributed by atoms with Crippen molar-refractivity contribution in [1.82, 2.24) is 15.3 Å². The normalized spacial score (nSPS) is 15.0. The molecule has 1 saturated heterocycles. The van der Waals surface area contributed by atoms with Crippen LogP contribution in [-0.2, 0) is 11.3 Å². The van der Waals surface area contributed by atoms with Crippen molar-refractivity contribution < 1.29 is 9.21 Å². The van der Waals surface area contributed by atoms with E-state index in [0.29, 0.717) is 18.1 Å². The number of hydrogen-bond donors (Lipinski definition) is 1. The highest BCUT2D eigenvalue weighted by molar-refractivity contribution is 5.91. The molecule has 1 N–H and O–H groups in total. The first-order valence-electron chi connectivity index (χ1n) is 7.87. The van der Waals surface area contributed by atoms with E-state index in [4.69, 9.17) is 4.42 Å². The monoisotopic (exact) mass is 312 g/mol. The maximum absolute atomic E-state index is 11.8. The Hall–Kier alpha value is -2.63. The van der Waals surface area contributed by atoms with Crippen LogP contribution in [0.4, 0.5) is 5.82 Å². The molecule has 1 aliphatic heterocycles. The van der Waals surface area contributed by atoms with E-state index in [0.717, 1.165) is 18.9 Å². The molecule has 120 valence electrons. The molecule has 6 nitrogen and oxygen atoms in total. The number of rotatable bonds is 5. The van der Waals surface area contributed by atoms with Gasteiger partial charge in [0.15, 0.2) is 0 Å². The number of aromatic nitrogens is 2. The molecule has 0 atom stereocenters. The minimum Gasteiger partial charge on any atom is -0.465 e. The summed E-state index contributed by atoms with van der Waals surface area (Å²) in [6.07, 6.45) is 10.1. The van der Waals surface area contributed by atoms with Crippen LogP contribution in [0.5, 0.6) is 0 Å². The van der Waals surface area contributed by atoms with Gasteiger partial charge in [-0.3, -0.25) is 4.79 Å². The summed E-state index contributed by atoms with van der Waals surface area (Å²) in [5.74, 6) is 2.00. The van der Waals surface area contributed by atoms with Crippen molar-refractivity contribution in [3.8, 4) is 0 Å². The summed E-state index contributed by atoms with van der Waals surface area (Å²) in [5.41, 5.74) is 0. The minimum atomic E-state index is -0.201. The molecule has 3 rings (SSSR count). The zero-order valence-corrected chi connectivity index (χ0v) is 12.9. The van der Waals surface area contributed by atoms with Gasteiger partial charge in [-0.15, -0.1) is 0 Å². The first kappa shape index (κ1) is 15.3. The lowest BCUT2D eigenvalue weighted by molar-refractivity contribution is -0.116. The summed E-state index contributed by atoms with van der Waals surface area (Å²) < 4.78 is 5.13. The predicted octanol–water partition coefficient (Wildman–Crippen LogP) is 2.39. The van der Waals surface area contributed by atoms with Gasteiger partial charge in [-0.05, 0) is 43.5 Å². The molecular formula is C17H20N4O2. The van der Waals surface area contributed by atoms with Crippen molar-refractivity contribution in [2.24, 2.45) is 0 Å². The molecule has 1 aliphatic rings. The van der Waals surface area contributed by atoms with Gasteiger partial charge in [0.25, 0.3) is 0 Å². The van der Waals surface area contributed by atoms with Gasteiger partial charge in [0.2, 0.25) is 5.91 Å². The average Bonchev–Trinajstić information content (AvgIpc) is 3.13. The second-order valence-corrected chi connectivity index (χ2v) is 5.45. The SMILES string of the molecule is O=C(/C=C/c1ccco1)NCc1nccc(N2CCCCC2)n1. The number of carbonyl (C=O) groups excluding carboxylic acids is 1. The van der Waals surface area contributed by atoms with Crippen LogP contribution in [0.3, 0.4) is 0 Å². The summed E-state index contributed by atoms with van der Waals surface area (Å²) in [6.45, 7) is 2.38. The molecule has 0 aliphatic carbocycles. The lowest BCUT2D eigenvalue weighted by atomic mass is 10.1. The third kappa shape index (κ3) is 4.42. The van der Waals surface area contributed by atoms with Gasteiger partial charge < -0.3 is 14.6 Å². The number of carbonyl (C=O) groups is 1. The third-order valence-electron chi connectivity index (χ3n) is 3.73. The van der Waals surface area contributed by atoms with Crippen LogP contribution in [0, 0.1) is 0 Å². The van der Waals surface area contributed by atoms with Crippen LogP contribution in [0.15, 0.2) is 41.2 Å². The van der Waals surface area contributed by atoms with Crippen LogP contribution < -0.4 is 10.2 Å². The zero-order valence-electron chi connectivity index (χ0n) is 12.9. The van der Waals surface area contributed by atoms with E-state index in [2.05, 4.69) is 20.2 Å². The van der Waals surface area contributed by atoms with Crippen LogP contribution in [0.2, 0.25) is 0 Å². The number of anilines is 1. The molecule has 0 aromatic carbocycles. The molecule has 1 amide bonds. The van der Waals surface area contributed by atoms with Gasteiger partial charge in [0.05, 0.1) is 12.8 Å². The first-order valence-corrected chi connectivity index (χ1v) is 7.87. The van der Waals surface area contributed by atoms with E-state index >= 15 is 0 Å². The molecular weight excluding hydrogens is 292 g/mol. The first-order chi connectivity index (χ1) is 11.3. The average molecular weight is 312 g/mol. The van der Waals surface area contributed by atoms with Gasteiger partial charge in [-0.1, -0.05) is 0 Å². The van der Waals surface area contributed by atoms with Crippen molar-refractivity contribution in [3.63, 3.8) is 0 Å². The molecule has 3 heterocycles. The number of hydrogen-bond acceptors (Lipinski definition) is 5. The second-order valence-electron chi connectivity index (χ2n) is 5.45. The summed E-state index contributed by atoms with van der Waals surface area (Å²) in [5, 5.41) is 2.78. The largest absolute Gasteiger partial charge is 0.465 e. The van der Waals surface area contributed by atoms with E-state index < -0.39 is 0 Å². The standard InChI is InChI=1S/C17H20N4O2/c22-17(7-6-14-5-4-12-23-14)19-13-15-18-9-8-16(20-15)21-10-2-1-3-11-21/h4-9,12H,1-3,10-11,13H2,(H,19,22)/b7-6+. The Labute approximate surface area is 135 Å². The lowest BCUT2D eigenvalue weighted by Crippen LogP contribution is -2.30. The van der Waals surface area contributed by atoms with Crippen LogP contribution in [-0.4, -0.2) is 29.0 Å². The van der Waals surface area contributed by atoms with Gasteiger partial charge in [-0.25, -0.2) is 9.97 Å². The molecule has 2 aromatic heterocycles. The number of nitrogens with one attached hydrogen (secondary N) is 1. The van der Waals surface area contributed by atoms with Crippen LogP contribution in [0.1, 0.15) is 30.8 Å². The maximum Gasteiger partial charge on any atom is 0.244 e. The van der Waals surface area contributed by atoms with Crippen molar-refractivity contribution >= 4 is 17.8 Å². The van der Waals surface area contributed by atoms with Crippen molar-refractivity contribution in [1.29, 1.82) is 0 Å². The molecule has 23 heavy (non-hydrogen) atoms. The molecule has 6 heteroatoms. The van der Waals surface area contributed by atoms with Gasteiger partial charge in [0, 0.05) is 25.4 Å². The second kappa shape index (κ2) is 7.58. The molecule has 0 spiro atoms. The van der Waals surface area contributed by atoms with Crippen molar-refractivity contribution in [2.45, 2.75) is 25.8 Å². The number of furan rings is 1. The fraction of sp³-hybridized carbons (Fsp3) is 0.353. The third-order valence-corrected chi connectivity index (χ3v) is 3.73. The predicted molar refractivity (Wildman–Crippen MR) is 87.7 cm³/mol. The van der Waals surface area contributed by atoms with E-state index in [-0.39, 0.29) is 5.91 Å². The summed E-state index contributed by atoms with van der Waals surface area (Å²) >= 11 is 0. The Kier molecular flexibility index (Phi) is 5.03. The topological polar surface area (TPSA) is 71.3 Å². The Morgan fingerprint density at radius 1 is 1.30 bits per heavy atom. The van der Waals surface area contributed by atoms with Gasteiger partial charge in [0.1, 0.15) is 17.4 Å². The van der Waals surface area contributed by atoms with Crippen LogP contribution in [0.25, 0.3) is 6.08 Å². The number of amides is 1. The summed E-state index contributed by atoms with van der Waals surface area (Å²) in [7, 11) is 0.